The molecule has 4 nitrogen and oxygen atoms in total. The average molecular weight is 309 g/mol. The lowest BCUT2D eigenvalue weighted by Gasteiger charge is -2.30. The monoisotopic (exact) mass is 309 g/mol. The summed E-state index contributed by atoms with van der Waals surface area (Å²) in [6.45, 7) is 9.50. The first-order chi connectivity index (χ1) is 10.1. The van der Waals surface area contributed by atoms with Gasteiger partial charge in [0.05, 0.1) is 5.69 Å². The minimum atomic E-state index is -0.00558. The minimum Gasteiger partial charge on any atom is -0.325 e. The Kier molecular flexibility index (Phi) is 6.67. The molecule has 0 saturated carbocycles. The molecular formula is C16H27N3OS. The molecule has 1 aliphatic heterocycles. The second-order valence-corrected chi connectivity index (χ2v) is 6.99. The molecule has 2 rings (SSSR count). The lowest BCUT2D eigenvalue weighted by atomic mass is 9.99. The number of nitrogens with zero attached hydrogens (tertiary/aromatic N) is 1. The molecule has 0 aliphatic carbocycles. The molecule has 118 valence electrons. The van der Waals surface area contributed by atoms with Gasteiger partial charge in [-0.25, -0.2) is 0 Å². The summed E-state index contributed by atoms with van der Waals surface area (Å²) in [4.78, 5) is 14.9. The van der Waals surface area contributed by atoms with E-state index < -0.39 is 0 Å². The molecule has 21 heavy (non-hydrogen) atoms. The highest BCUT2D eigenvalue weighted by Crippen LogP contribution is 2.22. The van der Waals surface area contributed by atoms with E-state index in [2.05, 4.69) is 22.5 Å². The van der Waals surface area contributed by atoms with Crippen LogP contribution in [-0.2, 0) is 11.3 Å². The third-order valence-corrected chi connectivity index (χ3v) is 4.97. The highest BCUT2D eigenvalue weighted by molar-refractivity contribution is 7.10. The smallest absolute Gasteiger partial charge is 0.221 e. The Morgan fingerprint density at radius 1 is 1.43 bits per heavy atom. The Morgan fingerprint density at radius 3 is 2.90 bits per heavy atom. The van der Waals surface area contributed by atoms with Crippen molar-refractivity contribution in [2.24, 2.45) is 5.92 Å². The van der Waals surface area contributed by atoms with Crippen LogP contribution in [0.2, 0.25) is 0 Å². The van der Waals surface area contributed by atoms with Crippen LogP contribution in [0.4, 0.5) is 5.69 Å². The lowest BCUT2D eigenvalue weighted by Crippen LogP contribution is -2.34. The Morgan fingerprint density at radius 2 is 2.19 bits per heavy atom. The summed E-state index contributed by atoms with van der Waals surface area (Å²) in [6, 6.07) is 1.97. The van der Waals surface area contributed by atoms with Crippen molar-refractivity contribution in [3.05, 3.63) is 16.3 Å². The van der Waals surface area contributed by atoms with Gasteiger partial charge in [0, 0.05) is 18.3 Å². The Bertz CT molecular complexity index is 438. The molecule has 1 amide bonds. The Hall–Kier alpha value is -0.910. The van der Waals surface area contributed by atoms with Crippen LogP contribution in [0.3, 0.4) is 0 Å². The maximum absolute atomic E-state index is 11.1. The third kappa shape index (κ3) is 5.77. The van der Waals surface area contributed by atoms with Crippen LogP contribution >= 0.6 is 11.3 Å². The van der Waals surface area contributed by atoms with Crippen LogP contribution in [0.25, 0.3) is 0 Å². The van der Waals surface area contributed by atoms with E-state index in [-0.39, 0.29) is 5.91 Å². The highest BCUT2D eigenvalue weighted by Gasteiger charge is 2.14. The number of hydrogen-bond acceptors (Lipinski definition) is 4. The second kappa shape index (κ2) is 8.51. The zero-order valence-electron chi connectivity index (χ0n) is 13.2. The van der Waals surface area contributed by atoms with Crippen LogP contribution in [0, 0.1) is 5.92 Å². The van der Waals surface area contributed by atoms with Crippen molar-refractivity contribution < 1.29 is 4.79 Å². The predicted octanol–water partition coefficient (Wildman–Crippen LogP) is 2.92. The maximum atomic E-state index is 11.1. The van der Waals surface area contributed by atoms with Crippen LogP contribution in [0.1, 0.15) is 38.0 Å². The molecule has 0 aromatic carbocycles. The van der Waals surface area contributed by atoms with E-state index in [0.29, 0.717) is 0 Å². The third-order valence-electron chi connectivity index (χ3n) is 4.05. The average Bonchev–Trinajstić information content (AvgIpc) is 2.87. The van der Waals surface area contributed by atoms with E-state index in [4.69, 9.17) is 0 Å². The summed E-state index contributed by atoms with van der Waals surface area (Å²) in [5, 5.41) is 8.38. The molecular weight excluding hydrogens is 282 g/mol. The Labute approximate surface area is 131 Å². The number of thiophene rings is 1. The van der Waals surface area contributed by atoms with Crippen LogP contribution in [0.15, 0.2) is 11.4 Å². The van der Waals surface area contributed by atoms with Crippen molar-refractivity contribution in [1.29, 1.82) is 0 Å². The van der Waals surface area contributed by atoms with Crippen molar-refractivity contribution in [1.82, 2.24) is 10.2 Å². The number of carbonyl (C=O) groups is 1. The van der Waals surface area contributed by atoms with Gasteiger partial charge in [-0.1, -0.05) is 6.92 Å². The molecule has 1 aliphatic rings. The zero-order chi connectivity index (χ0) is 15.1. The molecule has 2 N–H and O–H groups in total. The number of piperidine rings is 1. The van der Waals surface area contributed by atoms with Crippen molar-refractivity contribution in [3.63, 3.8) is 0 Å². The zero-order valence-corrected chi connectivity index (χ0v) is 14.0. The molecule has 1 aromatic rings. The largest absolute Gasteiger partial charge is 0.325 e. The molecule has 0 spiro atoms. The summed E-state index contributed by atoms with van der Waals surface area (Å²) >= 11 is 1.69. The van der Waals surface area contributed by atoms with Gasteiger partial charge in [0.15, 0.2) is 0 Å². The van der Waals surface area contributed by atoms with E-state index in [1.54, 1.807) is 18.3 Å². The quantitative estimate of drug-likeness (QED) is 0.761. The molecule has 0 atom stereocenters. The summed E-state index contributed by atoms with van der Waals surface area (Å²) in [5.41, 5.74) is 0.949. The van der Waals surface area contributed by atoms with Gasteiger partial charge in [0.2, 0.25) is 5.91 Å². The topological polar surface area (TPSA) is 44.4 Å². The van der Waals surface area contributed by atoms with Crippen LogP contribution in [-0.4, -0.2) is 37.0 Å². The number of anilines is 1. The van der Waals surface area contributed by atoms with E-state index in [1.807, 2.05) is 11.4 Å². The SMILES string of the molecule is CC(=O)Nc1ccsc1CNCCCN1CCC(C)CC1. The standard InChI is InChI=1S/C16H27N3OS/c1-13-4-9-19(10-5-13)8-3-7-17-12-16-15(6-11-21-16)18-14(2)20/h6,11,13,17H,3-5,7-10,12H2,1-2H3,(H,18,20). The number of rotatable bonds is 7. The first-order valence-corrected chi connectivity index (χ1v) is 8.80. The van der Waals surface area contributed by atoms with E-state index in [9.17, 15) is 4.79 Å². The maximum Gasteiger partial charge on any atom is 0.221 e. The van der Waals surface area contributed by atoms with Crippen molar-refractivity contribution >= 4 is 22.9 Å². The van der Waals surface area contributed by atoms with Gasteiger partial charge in [0.1, 0.15) is 0 Å². The van der Waals surface area contributed by atoms with Crippen molar-refractivity contribution in [2.45, 2.75) is 39.7 Å². The summed E-state index contributed by atoms with van der Waals surface area (Å²) in [5.74, 6) is 0.902. The molecule has 0 radical (unpaired) electrons. The molecule has 0 unspecified atom stereocenters. The molecule has 1 aromatic heterocycles. The predicted molar refractivity (Wildman–Crippen MR) is 89.8 cm³/mol. The van der Waals surface area contributed by atoms with Gasteiger partial charge in [-0.15, -0.1) is 11.3 Å². The van der Waals surface area contributed by atoms with Gasteiger partial charge in [0.25, 0.3) is 0 Å². The fourth-order valence-corrected chi connectivity index (χ4v) is 3.49. The van der Waals surface area contributed by atoms with Crippen molar-refractivity contribution in [2.75, 3.05) is 31.5 Å². The molecule has 5 heteroatoms. The first-order valence-electron chi connectivity index (χ1n) is 7.92. The Balaban J connectivity index is 1.59. The molecule has 1 fully saturated rings. The van der Waals surface area contributed by atoms with Crippen LogP contribution in [0.5, 0.6) is 0 Å². The van der Waals surface area contributed by atoms with E-state index in [1.165, 1.54) is 43.8 Å². The highest BCUT2D eigenvalue weighted by atomic mass is 32.1. The number of nitrogens with one attached hydrogen (secondary N) is 2. The number of amides is 1. The minimum absolute atomic E-state index is 0.00558. The lowest BCUT2D eigenvalue weighted by molar-refractivity contribution is -0.114. The van der Waals surface area contributed by atoms with E-state index in [0.717, 1.165) is 24.7 Å². The van der Waals surface area contributed by atoms with Crippen LogP contribution < -0.4 is 10.6 Å². The summed E-state index contributed by atoms with van der Waals surface area (Å²) in [6.07, 6.45) is 3.89. The van der Waals surface area contributed by atoms with E-state index >= 15 is 0 Å². The van der Waals surface area contributed by atoms with Gasteiger partial charge in [-0.2, -0.15) is 0 Å². The normalized spacial score (nSPS) is 17.0. The second-order valence-electron chi connectivity index (χ2n) is 5.99. The number of hydrogen-bond donors (Lipinski definition) is 2. The van der Waals surface area contributed by atoms with Gasteiger partial charge >= 0.3 is 0 Å². The number of carbonyl (C=O) groups excluding carboxylic acids is 1. The fraction of sp³-hybridized carbons (Fsp3) is 0.688. The fourth-order valence-electron chi connectivity index (χ4n) is 2.69. The molecule has 0 bridgehead atoms. The van der Waals surface area contributed by atoms with Gasteiger partial charge in [-0.3, -0.25) is 4.79 Å². The summed E-state index contributed by atoms with van der Waals surface area (Å²) < 4.78 is 0. The number of likely N-dealkylation sites (tertiary alicyclic amines) is 1. The first kappa shape index (κ1) is 16.5. The van der Waals surface area contributed by atoms with Gasteiger partial charge in [-0.05, 0) is 62.8 Å². The van der Waals surface area contributed by atoms with Crippen molar-refractivity contribution in [3.8, 4) is 0 Å². The summed E-state index contributed by atoms with van der Waals surface area (Å²) in [7, 11) is 0. The van der Waals surface area contributed by atoms with Gasteiger partial charge < -0.3 is 15.5 Å². The molecule has 1 saturated heterocycles. The molecule has 2 heterocycles.